The van der Waals surface area contributed by atoms with E-state index in [1.807, 2.05) is 0 Å². The van der Waals surface area contributed by atoms with Gasteiger partial charge in [-0.05, 0) is 129 Å². The van der Waals surface area contributed by atoms with Gasteiger partial charge in [-0.15, -0.1) is 0 Å². The maximum atomic E-state index is 4.23. The van der Waals surface area contributed by atoms with E-state index in [1.54, 1.807) is 0 Å². The lowest BCUT2D eigenvalue weighted by atomic mass is 9.76. The van der Waals surface area contributed by atoms with Crippen LogP contribution in [0.5, 0.6) is 0 Å². The highest BCUT2D eigenvalue weighted by Crippen LogP contribution is 2.58. The molecule has 0 saturated carbocycles. The Morgan fingerprint density at radius 2 is 0.543 bits per heavy atom. The minimum absolute atomic E-state index is 1.16. The molecular weight excluding hydrogens is 688 g/mol. The van der Waals surface area contributed by atoms with Gasteiger partial charge in [0.1, 0.15) is 0 Å². The quantitative estimate of drug-likeness (QED) is 0.124. The third kappa shape index (κ3) is 2.96. The standard InChI is InChI=1S/C44H22Br2/c45-43-31-21-19-30-26-16-8-10-18-28(26)36-34(24-13-5-2-6-14-24)44(46)32-22-20-29-25-15-7-9-17-27(25)35(33(43)23-11-3-1-4-12-23)41-37(29)40(32)42(36)38(30)39(31)41/h1-22H. The van der Waals surface area contributed by atoms with Crippen LogP contribution in [0, 0.1) is 0 Å². The van der Waals surface area contributed by atoms with Gasteiger partial charge in [-0.3, -0.25) is 0 Å². The Kier molecular flexibility index (Phi) is 4.94. The molecule has 11 aromatic carbocycles. The molecule has 0 unspecified atom stereocenters. The summed E-state index contributed by atoms with van der Waals surface area (Å²) in [6.07, 6.45) is 0. The van der Waals surface area contributed by atoms with E-state index >= 15 is 0 Å². The van der Waals surface area contributed by atoms with Gasteiger partial charge in [0.25, 0.3) is 0 Å². The van der Waals surface area contributed by atoms with E-state index in [0.29, 0.717) is 0 Å². The van der Waals surface area contributed by atoms with E-state index in [0.717, 1.165) is 8.95 Å². The Balaban J connectivity index is 1.58. The van der Waals surface area contributed by atoms with Crippen molar-refractivity contribution in [2.75, 3.05) is 0 Å². The van der Waals surface area contributed by atoms with Crippen LogP contribution in [-0.2, 0) is 0 Å². The number of benzene rings is 11. The topological polar surface area (TPSA) is 0 Å². The predicted molar refractivity (Wildman–Crippen MR) is 206 cm³/mol. The third-order valence-electron chi connectivity index (χ3n) is 10.4. The minimum Gasteiger partial charge on any atom is -0.0622 e. The molecule has 0 aliphatic carbocycles. The van der Waals surface area contributed by atoms with Crippen LogP contribution in [0.15, 0.2) is 142 Å². The van der Waals surface area contributed by atoms with Gasteiger partial charge in [-0.1, -0.05) is 133 Å². The highest BCUT2D eigenvalue weighted by Gasteiger charge is 2.29. The Bertz CT molecular complexity index is 2800. The first-order valence-electron chi connectivity index (χ1n) is 15.7. The van der Waals surface area contributed by atoms with E-state index < -0.39 is 0 Å². The molecule has 0 aliphatic heterocycles. The Morgan fingerprint density at radius 3 is 0.957 bits per heavy atom. The zero-order chi connectivity index (χ0) is 30.3. The molecule has 0 saturated heterocycles. The second-order valence-electron chi connectivity index (χ2n) is 12.5. The normalized spacial score (nSPS) is 12.6. The van der Waals surface area contributed by atoms with Crippen molar-refractivity contribution in [3.63, 3.8) is 0 Å². The number of rotatable bonds is 2. The SMILES string of the molecule is Brc1c(-c2ccccc2)c2c3ccccc3c3ccc4c(Br)c(-c5ccccc5)c5c6ccccc6c6ccc1c1c6c5c4c3c21. The molecule has 212 valence electrons. The van der Waals surface area contributed by atoms with Gasteiger partial charge in [0.05, 0.1) is 0 Å². The Hall–Kier alpha value is -4.76. The summed E-state index contributed by atoms with van der Waals surface area (Å²) in [5.41, 5.74) is 4.97. The molecule has 0 N–H and O–H groups in total. The van der Waals surface area contributed by atoms with Crippen LogP contribution in [-0.4, -0.2) is 0 Å². The van der Waals surface area contributed by atoms with E-state index in [-0.39, 0.29) is 0 Å². The first-order valence-corrected chi connectivity index (χ1v) is 17.3. The maximum Gasteiger partial charge on any atom is 0.0339 e. The smallest absolute Gasteiger partial charge is 0.0339 e. The molecule has 0 atom stereocenters. The number of hydrogen-bond acceptors (Lipinski definition) is 0. The van der Waals surface area contributed by atoms with Crippen molar-refractivity contribution in [1.82, 2.24) is 0 Å². The fourth-order valence-electron chi connectivity index (χ4n) is 8.71. The van der Waals surface area contributed by atoms with Gasteiger partial charge in [-0.2, -0.15) is 0 Å². The molecule has 0 aromatic heterocycles. The average molecular weight is 710 g/mol. The van der Waals surface area contributed by atoms with Crippen LogP contribution in [0.1, 0.15) is 0 Å². The molecule has 0 heterocycles. The van der Waals surface area contributed by atoms with Crippen molar-refractivity contribution >= 4 is 118 Å². The van der Waals surface area contributed by atoms with Gasteiger partial charge in [0.2, 0.25) is 0 Å². The Morgan fingerprint density at radius 1 is 0.239 bits per heavy atom. The second-order valence-corrected chi connectivity index (χ2v) is 14.1. The highest BCUT2D eigenvalue weighted by molar-refractivity contribution is 9.11. The van der Waals surface area contributed by atoms with Crippen LogP contribution in [0.3, 0.4) is 0 Å². The largest absolute Gasteiger partial charge is 0.0622 e. The zero-order valence-corrected chi connectivity index (χ0v) is 27.6. The van der Waals surface area contributed by atoms with Crippen molar-refractivity contribution in [3.8, 4) is 22.3 Å². The molecule has 0 fully saturated rings. The summed E-state index contributed by atoms with van der Waals surface area (Å²) < 4.78 is 2.31. The first kappa shape index (κ1) is 25.4. The van der Waals surface area contributed by atoms with Crippen LogP contribution in [0.4, 0.5) is 0 Å². The van der Waals surface area contributed by atoms with Gasteiger partial charge in [0.15, 0.2) is 0 Å². The molecular formula is C44H22Br2. The summed E-state index contributed by atoms with van der Waals surface area (Å²) in [5, 5.41) is 21.1. The van der Waals surface area contributed by atoms with Crippen molar-refractivity contribution in [2.45, 2.75) is 0 Å². The predicted octanol–water partition coefficient (Wildman–Crippen LogP) is 14.1. The number of halogens is 2. The molecule has 11 rings (SSSR count). The fourth-order valence-corrected chi connectivity index (χ4v) is 10.2. The second kappa shape index (κ2) is 8.94. The first-order chi connectivity index (χ1) is 22.7. The lowest BCUT2D eigenvalue weighted by molar-refractivity contribution is 1.65. The van der Waals surface area contributed by atoms with Crippen molar-refractivity contribution in [1.29, 1.82) is 0 Å². The van der Waals surface area contributed by atoms with E-state index in [9.17, 15) is 0 Å². The van der Waals surface area contributed by atoms with Crippen molar-refractivity contribution in [2.24, 2.45) is 0 Å². The fraction of sp³-hybridized carbons (Fsp3) is 0. The van der Waals surface area contributed by atoms with E-state index in [2.05, 4.69) is 165 Å². The van der Waals surface area contributed by atoms with Gasteiger partial charge < -0.3 is 0 Å². The molecule has 11 aromatic rings. The molecule has 0 aliphatic rings. The average Bonchev–Trinajstić information content (AvgIpc) is 3.12. The molecule has 0 amide bonds. The zero-order valence-electron chi connectivity index (χ0n) is 24.5. The third-order valence-corrected chi connectivity index (χ3v) is 12.1. The van der Waals surface area contributed by atoms with Gasteiger partial charge >= 0.3 is 0 Å². The van der Waals surface area contributed by atoms with Crippen LogP contribution in [0.25, 0.3) is 108 Å². The lowest BCUT2D eigenvalue weighted by Crippen LogP contribution is -1.99. The number of fused-ring (bicyclic) bond motifs is 6. The lowest BCUT2D eigenvalue weighted by Gasteiger charge is -2.27. The summed E-state index contributed by atoms with van der Waals surface area (Å²) in [5.74, 6) is 0. The van der Waals surface area contributed by atoms with Crippen LogP contribution >= 0.6 is 31.9 Å². The van der Waals surface area contributed by atoms with Crippen LogP contribution < -0.4 is 0 Å². The highest BCUT2D eigenvalue weighted by atomic mass is 79.9. The van der Waals surface area contributed by atoms with Crippen molar-refractivity contribution in [3.05, 3.63) is 142 Å². The summed E-state index contributed by atoms with van der Waals surface area (Å²) >= 11 is 8.46. The van der Waals surface area contributed by atoms with Gasteiger partial charge in [0, 0.05) is 20.1 Å². The molecule has 2 heteroatoms. The minimum atomic E-state index is 1.16. The summed E-state index contributed by atoms with van der Waals surface area (Å²) in [4.78, 5) is 0. The summed E-state index contributed by atoms with van der Waals surface area (Å²) in [7, 11) is 0. The summed E-state index contributed by atoms with van der Waals surface area (Å²) in [6, 6.07) is 49.3. The van der Waals surface area contributed by atoms with E-state index in [1.165, 1.54) is 108 Å². The Labute approximate surface area is 281 Å². The molecule has 0 bridgehead atoms. The summed E-state index contributed by atoms with van der Waals surface area (Å²) in [6.45, 7) is 0. The molecule has 0 nitrogen and oxygen atoms in total. The maximum absolute atomic E-state index is 4.23. The molecule has 0 radical (unpaired) electrons. The van der Waals surface area contributed by atoms with Crippen LogP contribution in [0.2, 0.25) is 0 Å². The molecule has 46 heavy (non-hydrogen) atoms. The monoisotopic (exact) mass is 708 g/mol. The van der Waals surface area contributed by atoms with Gasteiger partial charge in [-0.25, -0.2) is 0 Å². The van der Waals surface area contributed by atoms with E-state index in [4.69, 9.17) is 0 Å². The number of hydrogen-bond donors (Lipinski definition) is 0. The molecule has 0 spiro atoms. The van der Waals surface area contributed by atoms with Crippen molar-refractivity contribution < 1.29 is 0 Å².